The molecule has 2 heteroatoms. The molecule has 0 amide bonds. The molecule has 0 nitrogen and oxygen atoms in total. The molecule has 0 saturated heterocycles. The molecule has 0 aliphatic rings. The van der Waals surface area contributed by atoms with Crippen molar-refractivity contribution in [3.63, 3.8) is 0 Å². The molecule has 0 bridgehead atoms. The van der Waals surface area contributed by atoms with Gasteiger partial charge in [-0.1, -0.05) is 0 Å². The van der Waals surface area contributed by atoms with Crippen LogP contribution in [0, 0.1) is 70.6 Å². The van der Waals surface area contributed by atoms with Crippen molar-refractivity contribution >= 4 is 0 Å². The summed E-state index contributed by atoms with van der Waals surface area (Å²) in [6.45, 7) is 17.8. The van der Waals surface area contributed by atoms with Gasteiger partial charge in [0.15, 0.2) is 0 Å². The maximum Gasteiger partial charge on any atom is 2.00 e. The third kappa shape index (κ3) is 246. The molecule has 0 saturated carbocycles. The predicted molar refractivity (Wildman–Crippen MR) is 39.5 cm³/mol. The van der Waals surface area contributed by atoms with Crippen LogP contribution in [0.25, 0.3) is 0 Å². The molecule has 0 spiro atoms. The molecule has 0 heterocycles. The van der Waals surface area contributed by atoms with Crippen LogP contribution >= 0.6 is 0 Å². The van der Waals surface area contributed by atoms with Gasteiger partial charge in [0.1, 0.15) is 0 Å². The van der Waals surface area contributed by atoms with E-state index in [1.807, 2.05) is 20.3 Å². The summed E-state index contributed by atoms with van der Waals surface area (Å²) >= 11 is 0. The van der Waals surface area contributed by atoms with E-state index in [0.29, 0.717) is 0 Å². The van der Waals surface area contributed by atoms with Crippen molar-refractivity contribution in [3.8, 4) is 0 Å². The van der Waals surface area contributed by atoms with Gasteiger partial charge in [0.25, 0.3) is 0 Å². The van der Waals surface area contributed by atoms with Crippen LogP contribution in [0.3, 0.4) is 0 Å². The topological polar surface area (TPSA) is 0 Å². The van der Waals surface area contributed by atoms with E-state index >= 15 is 0 Å². The summed E-state index contributed by atoms with van der Waals surface area (Å²) in [5.41, 5.74) is -0.500. The van der Waals surface area contributed by atoms with Gasteiger partial charge in [0, 0.05) is 21.1 Å². The summed E-state index contributed by atoms with van der Waals surface area (Å²) in [6.07, 6.45) is 2.00. The Balaban J connectivity index is -0.0000000326. The fourth-order valence-corrected chi connectivity index (χ4v) is 0. The van der Waals surface area contributed by atoms with Crippen LogP contribution in [0.15, 0.2) is 0 Å². The van der Waals surface area contributed by atoms with Gasteiger partial charge in [-0.05, 0) is 0 Å². The molecule has 0 aromatic rings. The third-order valence-electron chi connectivity index (χ3n) is 0. The van der Waals surface area contributed by atoms with E-state index < -0.39 is 5.41 Å². The summed E-state index contributed by atoms with van der Waals surface area (Å²) in [5.74, 6) is 0. The SMILES string of the molecule is C[CH-]C.[CH2-]C([CH2-])([CH2-])[CH2-].[U+2].[W]. The summed E-state index contributed by atoms with van der Waals surface area (Å²) in [6, 6.07) is 0. The Kier molecular flexibility index (Phi) is 30.2. The first-order valence-corrected chi connectivity index (χ1v) is 2.57. The zero-order valence-electron chi connectivity index (χ0n) is 6.81. The molecule has 0 unspecified atom stereocenters. The van der Waals surface area contributed by atoms with E-state index in [2.05, 4.69) is 27.7 Å². The van der Waals surface area contributed by atoms with E-state index in [4.69, 9.17) is 0 Å². The van der Waals surface area contributed by atoms with E-state index in [9.17, 15) is 0 Å². The first kappa shape index (κ1) is 22.6. The maximum atomic E-state index is 3.44. The third-order valence-corrected chi connectivity index (χ3v) is 0. The molecule has 60 valence electrons. The Morgan fingerprint density at radius 3 is 1.00 bits per heavy atom. The van der Waals surface area contributed by atoms with Gasteiger partial charge in [0.05, 0.1) is 0 Å². The van der Waals surface area contributed by atoms with Crippen molar-refractivity contribution in [2.24, 2.45) is 5.41 Å². The largest absolute Gasteiger partial charge is 2.00 e. The summed E-state index contributed by atoms with van der Waals surface area (Å²) in [5, 5.41) is 0. The summed E-state index contributed by atoms with van der Waals surface area (Å²) in [7, 11) is 0. The quantitative estimate of drug-likeness (QED) is 0.421. The minimum atomic E-state index is -0.500. The van der Waals surface area contributed by atoms with Crippen LogP contribution in [0.1, 0.15) is 13.8 Å². The molecule has 10 heavy (non-hydrogen) atoms. The molecule has 0 fully saturated rings. The minimum Gasteiger partial charge on any atom is -0.584 e. The van der Waals surface area contributed by atoms with Crippen molar-refractivity contribution in [2.45, 2.75) is 13.8 Å². The van der Waals surface area contributed by atoms with Crippen LogP contribution in [-0.4, -0.2) is 0 Å². The minimum absolute atomic E-state index is 0. The van der Waals surface area contributed by atoms with Gasteiger partial charge in [-0.25, -0.2) is 0 Å². The van der Waals surface area contributed by atoms with Crippen LogP contribution in [0.4, 0.5) is 0 Å². The molecular weight excluding hydrogens is 518 g/mol. The van der Waals surface area contributed by atoms with E-state index in [1.54, 1.807) is 0 Å². The van der Waals surface area contributed by atoms with Gasteiger partial charge in [-0.15, -0.1) is 0 Å². The average molecular weight is 533 g/mol. The standard InChI is InChI=1S/C5H8.C3H7.U.W/c1-5(2,3)4;1-3-2;;/h1-4H2;3H,1-2H3;;/q-4;-1;+2;. The van der Waals surface area contributed by atoms with Gasteiger partial charge in [-0.2, -0.15) is 13.8 Å². The van der Waals surface area contributed by atoms with E-state index in [-0.39, 0.29) is 52.2 Å². The van der Waals surface area contributed by atoms with Crippen LogP contribution < -0.4 is 0 Å². The molecule has 0 rings (SSSR count). The molecule has 0 atom stereocenters. The van der Waals surface area contributed by atoms with Crippen molar-refractivity contribution in [1.82, 2.24) is 0 Å². The second-order valence-electron chi connectivity index (χ2n) is 2.08. The Hall–Kier alpha value is 1.74. The Morgan fingerprint density at radius 2 is 1.00 bits per heavy atom. The Morgan fingerprint density at radius 1 is 1.00 bits per heavy atom. The van der Waals surface area contributed by atoms with Crippen LogP contribution in [0.5, 0.6) is 0 Å². The smallest absolute Gasteiger partial charge is 0.584 e. The first-order chi connectivity index (χ1) is 3.41. The number of rotatable bonds is 0. The molecule has 0 radical (unpaired) electrons. The fraction of sp³-hybridized carbons (Fsp3) is 0.375. The Labute approximate surface area is 105 Å². The summed E-state index contributed by atoms with van der Waals surface area (Å²) < 4.78 is 0. The zero-order chi connectivity index (χ0) is 7.21. The van der Waals surface area contributed by atoms with E-state index in [0.717, 1.165) is 0 Å². The van der Waals surface area contributed by atoms with Gasteiger partial charge in [0.2, 0.25) is 0 Å². The average Bonchev–Trinajstić information content (AvgIpc) is 1.27. The first-order valence-electron chi connectivity index (χ1n) is 2.57. The van der Waals surface area contributed by atoms with Crippen LogP contribution in [0.2, 0.25) is 0 Å². The molecule has 0 N–H and O–H groups in total. The monoisotopic (exact) mass is 533 g/mol. The number of hydrogen-bond acceptors (Lipinski definition) is 0. The number of hydrogen-bond donors (Lipinski definition) is 0. The van der Waals surface area contributed by atoms with Crippen molar-refractivity contribution < 1.29 is 52.2 Å². The van der Waals surface area contributed by atoms with Gasteiger partial charge in [-0.3, -0.25) is 0 Å². The molecule has 0 aliphatic heterocycles. The van der Waals surface area contributed by atoms with Gasteiger partial charge >= 0.3 is 31.1 Å². The summed E-state index contributed by atoms with van der Waals surface area (Å²) in [4.78, 5) is 0. The Bertz CT molecular complexity index is 33.0. The van der Waals surface area contributed by atoms with Crippen LogP contribution in [-0.2, 0) is 21.1 Å². The van der Waals surface area contributed by atoms with Gasteiger partial charge < -0.3 is 39.5 Å². The molecular formula is C8H15UW-3. The van der Waals surface area contributed by atoms with E-state index in [1.165, 1.54) is 0 Å². The van der Waals surface area contributed by atoms with Crippen molar-refractivity contribution in [2.75, 3.05) is 0 Å². The maximum absolute atomic E-state index is 3.44. The molecule has 0 aromatic heterocycles. The zero-order valence-corrected chi connectivity index (χ0v) is 13.9. The normalized spacial score (nSPS) is 7.80. The predicted octanol–water partition coefficient (Wildman–Crippen LogP) is 2.54. The second kappa shape index (κ2) is 13.3. The second-order valence-corrected chi connectivity index (χ2v) is 2.08. The van der Waals surface area contributed by atoms with Crippen molar-refractivity contribution in [1.29, 1.82) is 0 Å². The fourth-order valence-electron chi connectivity index (χ4n) is 0. The molecule has 0 aromatic carbocycles. The van der Waals surface area contributed by atoms with Crippen molar-refractivity contribution in [3.05, 3.63) is 34.1 Å². The molecule has 0 aliphatic carbocycles.